The van der Waals surface area contributed by atoms with Crippen LogP contribution in [0.5, 0.6) is 0 Å². The molecule has 2 atom stereocenters. The molecule has 0 radical (unpaired) electrons. The van der Waals surface area contributed by atoms with Crippen LogP contribution in [-0.2, 0) is 4.79 Å². The minimum absolute atomic E-state index is 0.145. The van der Waals surface area contributed by atoms with Crippen LogP contribution in [-0.4, -0.2) is 26.9 Å². The number of carbonyl (C=O) groups is 1. The molecule has 0 saturated heterocycles. The average Bonchev–Trinajstić information content (AvgIpc) is 3.09. The van der Waals surface area contributed by atoms with E-state index in [4.69, 9.17) is 0 Å². The van der Waals surface area contributed by atoms with Crippen molar-refractivity contribution in [3.8, 4) is 5.69 Å². The van der Waals surface area contributed by atoms with Crippen LogP contribution in [0.2, 0.25) is 0 Å². The highest BCUT2D eigenvalue weighted by molar-refractivity contribution is 5.92. The van der Waals surface area contributed by atoms with Gasteiger partial charge >= 0.3 is 0 Å². The molecule has 1 heterocycles. The molecule has 2 aromatic rings. The maximum atomic E-state index is 12.1. The van der Waals surface area contributed by atoms with E-state index in [0.717, 1.165) is 18.5 Å². The Bertz CT molecular complexity index is 594. The van der Waals surface area contributed by atoms with E-state index in [1.54, 1.807) is 16.9 Å². The molecule has 5 nitrogen and oxygen atoms in total. The highest BCUT2D eigenvalue weighted by Crippen LogP contribution is 2.26. The molecule has 1 saturated carbocycles. The Labute approximate surface area is 117 Å². The van der Waals surface area contributed by atoms with Crippen LogP contribution in [0, 0.1) is 5.92 Å². The van der Waals surface area contributed by atoms with Gasteiger partial charge in [-0.2, -0.15) is 5.10 Å². The summed E-state index contributed by atoms with van der Waals surface area (Å²) >= 11 is 0. The van der Waals surface area contributed by atoms with Crippen LogP contribution in [0.4, 0.5) is 5.82 Å². The van der Waals surface area contributed by atoms with Crippen molar-refractivity contribution < 1.29 is 9.90 Å². The lowest BCUT2D eigenvalue weighted by atomic mass is 10.1. The lowest BCUT2D eigenvalue weighted by Crippen LogP contribution is -2.28. The summed E-state index contributed by atoms with van der Waals surface area (Å²) in [6, 6.07) is 11.5. The van der Waals surface area contributed by atoms with Gasteiger partial charge in [-0.15, -0.1) is 0 Å². The fourth-order valence-electron chi connectivity index (χ4n) is 2.58. The minimum Gasteiger partial charge on any atom is -0.392 e. The Morgan fingerprint density at radius 3 is 2.75 bits per heavy atom. The van der Waals surface area contributed by atoms with E-state index in [-0.39, 0.29) is 11.8 Å². The van der Waals surface area contributed by atoms with Crippen molar-refractivity contribution in [3.05, 3.63) is 42.6 Å². The van der Waals surface area contributed by atoms with E-state index in [1.807, 2.05) is 30.3 Å². The lowest BCUT2D eigenvalue weighted by molar-refractivity contribution is -0.122. The molecule has 5 heteroatoms. The quantitative estimate of drug-likeness (QED) is 0.897. The minimum atomic E-state index is -0.522. The summed E-state index contributed by atoms with van der Waals surface area (Å²) in [6.45, 7) is 0. The van der Waals surface area contributed by atoms with Crippen LogP contribution in [0.25, 0.3) is 5.69 Å². The van der Waals surface area contributed by atoms with Gasteiger partial charge < -0.3 is 10.4 Å². The zero-order valence-corrected chi connectivity index (χ0v) is 11.1. The van der Waals surface area contributed by atoms with Gasteiger partial charge in [0, 0.05) is 12.3 Å². The molecule has 1 aliphatic carbocycles. The molecule has 2 unspecified atom stereocenters. The van der Waals surface area contributed by atoms with Gasteiger partial charge in [0.05, 0.1) is 17.7 Å². The SMILES string of the molecule is O=C(Nc1ccn(-c2ccccc2)n1)C1CCCC1O. The number of aromatic nitrogens is 2. The Morgan fingerprint density at radius 2 is 2.05 bits per heavy atom. The Morgan fingerprint density at radius 1 is 1.25 bits per heavy atom. The van der Waals surface area contributed by atoms with Gasteiger partial charge in [-0.05, 0) is 31.4 Å². The number of carbonyl (C=O) groups excluding carboxylic acids is 1. The highest BCUT2D eigenvalue weighted by Gasteiger charge is 2.31. The number of nitrogens with one attached hydrogen (secondary N) is 1. The first kappa shape index (κ1) is 12.9. The summed E-state index contributed by atoms with van der Waals surface area (Å²) in [4.78, 5) is 12.1. The molecule has 3 rings (SSSR count). The number of hydrogen-bond acceptors (Lipinski definition) is 3. The first-order chi connectivity index (χ1) is 9.74. The van der Waals surface area contributed by atoms with Crippen molar-refractivity contribution in [2.24, 2.45) is 5.92 Å². The third kappa shape index (κ3) is 2.58. The smallest absolute Gasteiger partial charge is 0.231 e. The number of rotatable bonds is 3. The van der Waals surface area contributed by atoms with Gasteiger partial charge in [0.1, 0.15) is 0 Å². The van der Waals surface area contributed by atoms with Crippen molar-refractivity contribution in [2.75, 3.05) is 5.32 Å². The predicted octanol–water partition coefficient (Wildman–Crippen LogP) is 1.97. The third-order valence-corrected chi connectivity index (χ3v) is 3.68. The summed E-state index contributed by atoms with van der Waals surface area (Å²) in [5, 5.41) is 16.8. The Hall–Kier alpha value is -2.14. The van der Waals surface area contributed by atoms with E-state index in [9.17, 15) is 9.90 Å². The van der Waals surface area contributed by atoms with Crippen LogP contribution < -0.4 is 5.32 Å². The Balaban J connectivity index is 1.70. The van der Waals surface area contributed by atoms with Gasteiger partial charge in [-0.25, -0.2) is 4.68 Å². The third-order valence-electron chi connectivity index (χ3n) is 3.68. The fraction of sp³-hybridized carbons (Fsp3) is 0.333. The Kier molecular flexibility index (Phi) is 3.52. The summed E-state index contributed by atoms with van der Waals surface area (Å²) in [5.74, 6) is 0.0585. The second-order valence-corrected chi connectivity index (χ2v) is 5.08. The number of nitrogens with zero attached hydrogens (tertiary/aromatic N) is 2. The normalized spacial score (nSPS) is 21.9. The van der Waals surface area contributed by atoms with Crippen molar-refractivity contribution >= 4 is 11.7 Å². The number of para-hydroxylation sites is 1. The standard InChI is InChI=1S/C15H17N3O2/c19-13-8-4-7-12(13)15(20)16-14-9-10-18(17-14)11-5-2-1-3-6-11/h1-3,5-6,9-10,12-13,19H,4,7-8H2,(H,16,17,20). The first-order valence-corrected chi connectivity index (χ1v) is 6.84. The van der Waals surface area contributed by atoms with Gasteiger partial charge in [-0.1, -0.05) is 18.2 Å². The lowest BCUT2D eigenvalue weighted by Gasteiger charge is -2.12. The van der Waals surface area contributed by atoms with Crippen molar-refractivity contribution in [1.29, 1.82) is 0 Å². The fourth-order valence-corrected chi connectivity index (χ4v) is 2.58. The molecule has 1 aromatic carbocycles. The van der Waals surface area contributed by atoms with Crippen molar-refractivity contribution in [1.82, 2.24) is 9.78 Å². The zero-order valence-electron chi connectivity index (χ0n) is 11.1. The molecular formula is C15H17N3O2. The van der Waals surface area contributed by atoms with E-state index < -0.39 is 6.10 Å². The van der Waals surface area contributed by atoms with Crippen molar-refractivity contribution in [2.45, 2.75) is 25.4 Å². The van der Waals surface area contributed by atoms with Gasteiger partial charge in [0.2, 0.25) is 5.91 Å². The second-order valence-electron chi connectivity index (χ2n) is 5.08. The molecule has 2 N–H and O–H groups in total. The summed E-state index contributed by atoms with van der Waals surface area (Å²) in [6.07, 6.45) is 3.63. The molecule has 0 aliphatic heterocycles. The molecule has 104 valence electrons. The molecule has 1 aliphatic rings. The predicted molar refractivity (Wildman–Crippen MR) is 75.5 cm³/mol. The molecule has 0 bridgehead atoms. The zero-order chi connectivity index (χ0) is 13.9. The summed E-state index contributed by atoms with van der Waals surface area (Å²) in [5.41, 5.74) is 0.939. The van der Waals surface area contributed by atoms with Crippen molar-refractivity contribution in [3.63, 3.8) is 0 Å². The van der Waals surface area contributed by atoms with Crippen LogP contribution in [0.1, 0.15) is 19.3 Å². The van der Waals surface area contributed by atoms with Gasteiger partial charge in [0.15, 0.2) is 5.82 Å². The first-order valence-electron chi connectivity index (χ1n) is 6.84. The number of hydrogen-bond donors (Lipinski definition) is 2. The second kappa shape index (κ2) is 5.46. The molecule has 1 amide bonds. The summed E-state index contributed by atoms with van der Waals surface area (Å²) < 4.78 is 1.71. The molecular weight excluding hydrogens is 254 g/mol. The van der Waals surface area contributed by atoms with E-state index in [2.05, 4.69) is 10.4 Å². The number of aliphatic hydroxyl groups is 1. The average molecular weight is 271 g/mol. The monoisotopic (exact) mass is 271 g/mol. The van der Waals surface area contributed by atoms with Crippen LogP contribution in [0.15, 0.2) is 42.6 Å². The molecule has 1 aromatic heterocycles. The molecule has 20 heavy (non-hydrogen) atoms. The molecule has 0 spiro atoms. The van der Waals surface area contributed by atoms with E-state index in [0.29, 0.717) is 12.2 Å². The number of anilines is 1. The van der Waals surface area contributed by atoms with Crippen LogP contribution >= 0.6 is 0 Å². The van der Waals surface area contributed by atoms with E-state index in [1.165, 1.54) is 0 Å². The topological polar surface area (TPSA) is 67.2 Å². The summed E-state index contributed by atoms with van der Waals surface area (Å²) in [7, 11) is 0. The molecule has 1 fully saturated rings. The highest BCUT2D eigenvalue weighted by atomic mass is 16.3. The maximum Gasteiger partial charge on any atom is 0.231 e. The van der Waals surface area contributed by atoms with Crippen LogP contribution in [0.3, 0.4) is 0 Å². The van der Waals surface area contributed by atoms with Gasteiger partial charge in [-0.3, -0.25) is 4.79 Å². The number of aliphatic hydroxyl groups excluding tert-OH is 1. The largest absolute Gasteiger partial charge is 0.392 e. The van der Waals surface area contributed by atoms with Gasteiger partial charge in [0.25, 0.3) is 0 Å². The number of amides is 1. The van der Waals surface area contributed by atoms with E-state index >= 15 is 0 Å². The maximum absolute atomic E-state index is 12.1. The number of benzene rings is 1.